The summed E-state index contributed by atoms with van der Waals surface area (Å²) >= 11 is 1.63. The first-order valence-corrected chi connectivity index (χ1v) is 6.44. The maximum atomic E-state index is 6.24. The summed E-state index contributed by atoms with van der Waals surface area (Å²) in [5.41, 5.74) is 7.19. The zero-order valence-electron chi connectivity index (χ0n) is 9.88. The fourth-order valence-corrected chi connectivity index (χ4v) is 2.72. The van der Waals surface area contributed by atoms with Crippen molar-refractivity contribution in [1.29, 1.82) is 0 Å². The molecule has 0 fully saturated rings. The lowest BCUT2D eigenvalue weighted by Crippen LogP contribution is -2.10. The summed E-state index contributed by atoms with van der Waals surface area (Å²) < 4.78 is 16.1. The molecule has 2 heterocycles. The van der Waals surface area contributed by atoms with Crippen molar-refractivity contribution in [3.05, 3.63) is 40.1 Å². The molecule has 0 radical (unpaired) electrons. The first-order chi connectivity index (χ1) is 8.79. The van der Waals surface area contributed by atoms with Crippen LogP contribution in [0.2, 0.25) is 0 Å². The standard InChI is InChI=1S/C13H13NO3S/c1-15-9-5-8(6-10-13(9)17-7-16-10)12(14)11-3-2-4-18-11/h2-6,12H,7,14H2,1H3/t12-/m1/s1. The molecule has 1 atom stereocenters. The number of ether oxygens (including phenoxy) is 3. The predicted octanol–water partition coefficient (Wildman–Crippen LogP) is 2.53. The molecular formula is C13H13NO3S. The van der Waals surface area contributed by atoms with Gasteiger partial charge in [0.15, 0.2) is 11.5 Å². The van der Waals surface area contributed by atoms with Crippen LogP contribution in [-0.4, -0.2) is 13.9 Å². The minimum absolute atomic E-state index is 0.173. The largest absolute Gasteiger partial charge is 0.493 e. The van der Waals surface area contributed by atoms with Gasteiger partial charge in [-0.15, -0.1) is 11.3 Å². The van der Waals surface area contributed by atoms with Gasteiger partial charge in [-0.25, -0.2) is 0 Å². The van der Waals surface area contributed by atoms with E-state index in [1.165, 1.54) is 0 Å². The molecule has 0 saturated heterocycles. The Morgan fingerprint density at radius 2 is 2.28 bits per heavy atom. The van der Waals surface area contributed by atoms with Crippen LogP contribution >= 0.6 is 11.3 Å². The van der Waals surface area contributed by atoms with Gasteiger partial charge in [0.25, 0.3) is 0 Å². The van der Waals surface area contributed by atoms with Crippen LogP contribution < -0.4 is 19.9 Å². The van der Waals surface area contributed by atoms with Crippen LogP contribution in [0.15, 0.2) is 29.6 Å². The number of hydrogen-bond acceptors (Lipinski definition) is 5. The second kappa shape index (κ2) is 4.51. The third-order valence-corrected chi connectivity index (χ3v) is 3.84. The van der Waals surface area contributed by atoms with Crippen molar-refractivity contribution in [2.75, 3.05) is 13.9 Å². The summed E-state index contributed by atoms with van der Waals surface area (Å²) in [6, 6.07) is 7.65. The molecule has 18 heavy (non-hydrogen) atoms. The number of fused-ring (bicyclic) bond motifs is 1. The fraction of sp³-hybridized carbons (Fsp3) is 0.231. The summed E-state index contributed by atoms with van der Waals surface area (Å²) in [5.74, 6) is 2.00. The maximum Gasteiger partial charge on any atom is 0.231 e. The van der Waals surface area contributed by atoms with Gasteiger partial charge in [0, 0.05) is 4.88 Å². The van der Waals surface area contributed by atoms with Gasteiger partial charge >= 0.3 is 0 Å². The van der Waals surface area contributed by atoms with Gasteiger partial charge in [0.05, 0.1) is 13.2 Å². The Morgan fingerprint density at radius 1 is 1.39 bits per heavy atom. The van der Waals surface area contributed by atoms with E-state index in [0.717, 1.165) is 10.4 Å². The number of methoxy groups -OCH3 is 1. The minimum atomic E-state index is -0.173. The fourth-order valence-electron chi connectivity index (χ4n) is 1.96. The van der Waals surface area contributed by atoms with E-state index >= 15 is 0 Å². The van der Waals surface area contributed by atoms with Crippen molar-refractivity contribution >= 4 is 11.3 Å². The molecule has 2 aromatic rings. The molecule has 0 aliphatic carbocycles. The van der Waals surface area contributed by atoms with Crippen molar-refractivity contribution in [2.24, 2.45) is 5.73 Å². The highest BCUT2D eigenvalue weighted by atomic mass is 32.1. The van der Waals surface area contributed by atoms with Crippen molar-refractivity contribution in [1.82, 2.24) is 0 Å². The molecule has 1 aliphatic rings. The Kier molecular flexibility index (Phi) is 2.85. The molecule has 1 aromatic heterocycles. The Morgan fingerprint density at radius 3 is 3.00 bits per heavy atom. The predicted molar refractivity (Wildman–Crippen MR) is 69.5 cm³/mol. The van der Waals surface area contributed by atoms with Gasteiger partial charge in [-0.1, -0.05) is 6.07 Å². The molecule has 0 amide bonds. The highest BCUT2D eigenvalue weighted by molar-refractivity contribution is 7.10. The second-order valence-corrected chi connectivity index (χ2v) is 4.93. The van der Waals surface area contributed by atoms with Crippen molar-refractivity contribution in [2.45, 2.75) is 6.04 Å². The molecule has 0 saturated carbocycles. The van der Waals surface area contributed by atoms with Crippen LogP contribution in [0.4, 0.5) is 0 Å². The van der Waals surface area contributed by atoms with E-state index in [-0.39, 0.29) is 12.8 Å². The summed E-state index contributed by atoms with van der Waals surface area (Å²) in [7, 11) is 1.61. The van der Waals surface area contributed by atoms with Crippen LogP contribution in [0.5, 0.6) is 17.2 Å². The topological polar surface area (TPSA) is 53.7 Å². The van der Waals surface area contributed by atoms with Gasteiger partial charge in [0.2, 0.25) is 12.5 Å². The summed E-state index contributed by atoms with van der Waals surface area (Å²) in [6.45, 7) is 0.226. The number of thiophene rings is 1. The number of hydrogen-bond donors (Lipinski definition) is 1. The molecular weight excluding hydrogens is 250 g/mol. The molecule has 0 bridgehead atoms. The molecule has 1 aliphatic heterocycles. The van der Waals surface area contributed by atoms with Crippen LogP contribution in [0.1, 0.15) is 16.5 Å². The average Bonchev–Trinajstić information content (AvgIpc) is 3.07. The monoisotopic (exact) mass is 263 g/mol. The third kappa shape index (κ3) is 1.81. The van der Waals surface area contributed by atoms with E-state index in [0.29, 0.717) is 17.2 Å². The molecule has 0 unspecified atom stereocenters. The smallest absolute Gasteiger partial charge is 0.231 e. The lowest BCUT2D eigenvalue weighted by molar-refractivity contribution is 0.171. The Balaban J connectivity index is 2.03. The van der Waals surface area contributed by atoms with Gasteiger partial charge in [-0.05, 0) is 29.1 Å². The number of benzene rings is 1. The lowest BCUT2D eigenvalue weighted by Gasteiger charge is -2.13. The SMILES string of the molecule is COc1cc([C@@H](N)c2cccs2)cc2c1OCO2. The highest BCUT2D eigenvalue weighted by Gasteiger charge is 2.22. The second-order valence-electron chi connectivity index (χ2n) is 3.95. The molecule has 4 nitrogen and oxygen atoms in total. The molecule has 0 spiro atoms. The maximum absolute atomic E-state index is 6.24. The average molecular weight is 263 g/mol. The highest BCUT2D eigenvalue weighted by Crippen LogP contribution is 2.43. The first-order valence-electron chi connectivity index (χ1n) is 5.56. The van der Waals surface area contributed by atoms with Crippen LogP contribution in [0.3, 0.4) is 0 Å². The quantitative estimate of drug-likeness (QED) is 0.924. The zero-order chi connectivity index (χ0) is 12.5. The van der Waals surface area contributed by atoms with Gasteiger partial charge in [0.1, 0.15) is 0 Å². The number of rotatable bonds is 3. The normalized spacial score (nSPS) is 14.6. The van der Waals surface area contributed by atoms with Crippen LogP contribution in [0, 0.1) is 0 Å². The summed E-state index contributed by atoms with van der Waals surface area (Å²) in [4.78, 5) is 1.11. The Bertz CT molecular complexity index is 554. The Labute approximate surface area is 109 Å². The van der Waals surface area contributed by atoms with Gasteiger partial charge < -0.3 is 19.9 Å². The number of nitrogens with two attached hydrogens (primary N) is 1. The third-order valence-electron chi connectivity index (χ3n) is 2.89. The van der Waals surface area contributed by atoms with E-state index in [9.17, 15) is 0 Å². The Hall–Kier alpha value is -1.72. The van der Waals surface area contributed by atoms with Crippen LogP contribution in [-0.2, 0) is 0 Å². The van der Waals surface area contributed by atoms with Gasteiger partial charge in [-0.2, -0.15) is 0 Å². The molecule has 2 N–H and O–H groups in total. The van der Waals surface area contributed by atoms with Crippen molar-refractivity contribution in [3.63, 3.8) is 0 Å². The molecule has 1 aromatic carbocycles. The molecule has 5 heteroatoms. The lowest BCUT2D eigenvalue weighted by atomic mass is 10.0. The van der Waals surface area contributed by atoms with E-state index in [1.54, 1.807) is 18.4 Å². The van der Waals surface area contributed by atoms with Gasteiger partial charge in [-0.3, -0.25) is 0 Å². The molecule has 94 valence electrons. The molecule has 3 rings (SSSR count). The first kappa shape index (κ1) is 11.4. The van der Waals surface area contributed by atoms with Crippen LogP contribution in [0.25, 0.3) is 0 Å². The summed E-state index contributed by atoms with van der Waals surface area (Å²) in [6.07, 6.45) is 0. The van der Waals surface area contributed by atoms with E-state index in [2.05, 4.69) is 0 Å². The summed E-state index contributed by atoms with van der Waals surface area (Å²) in [5, 5.41) is 2.01. The van der Waals surface area contributed by atoms with E-state index in [4.69, 9.17) is 19.9 Å². The van der Waals surface area contributed by atoms with E-state index < -0.39 is 0 Å². The van der Waals surface area contributed by atoms with Crippen molar-refractivity contribution < 1.29 is 14.2 Å². The zero-order valence-corrected chi connectivity index (χ0v) is 10.7. The van der Waals surface area contributed by atoms with E-state index in [1.807, 2.05) is 29.6 Å². The minimum Gasteiger partial charge on any atom is -0.493 e. The van der Waals surface area contributed by atoms with Crippen molar-refractivity contribution in [3.8, 4) is 17.2 Å².